The van der Waals surface area contributed by atoms with Gasteiger partial charge in [-0.05, 0) is 35.7 Å². The van der Waals surface area contributed by atoms with Crippen molar-refractivity contribution in [1.29, 1.82) is 0 Å². The Morgan fingerprint density at radius 2 is 2.08 bits per heavy atom. The van der Waals surface area contributed by atoms with Crippen LogP contribution in [-0.2, 0) is 22.2 Å². The van der Waals surface area contributed by atoms with Gasteiger partial charge >= 0.3 is 0 Å². The van der Waals surface area contributed by atoms with E-state index in [1.807, 2.05) is 24.4 Å². The average Bonchev–Trinajstić information content (AvgIpc) is 3.31. The zero-order valence-corrected chi connectivity index (χ0v) is 14.8. The molecule has 0 radical (unpaired) electrons. The molecular formula is C18H15N5O2S. The SMILES string of the molecule is CN1CCc2cc(-c3ccc4c(cnn4C4=CC(=O)NS4=O)c3)cnc21. The molecule has 1 unspecified atom stereocenters. The van der Waals surface area contributed by atoms with Crippen LogP contribution in [0.2, 0.25) is 0 Å². The van der Waals surface area contributed by atoms with Crippen LogP contribution in [0.1, 0.15) is 5.56 Å². The van der Waals surface area contributed by atoms with Crippen LogP contribution >= 0.6 is 0 Å². The van der Waals surface area contributed by atoms with Gasteiger partial charge in [0.15, 0.2) is 16.0 Å². The lowest BCUT2D eigenvalue weighted by atomic mass is 10.0. The summed E-state index contributed by atoms with van der Waals surface area (Å²) in [6, 6.07) is 8.15. The number of pyridine rings is 1. The Balaban J connectivity index is 1.57. The van der Waals surface area contributed by atoms with Crippen LogP contribution < -0.4 is 9.62 Å². The molecule has 5 rings (SSSR count). The van der Waals surface area contributed by atoms with Crippen LogP contribution in [0.4, 0.5) is 5.82 Å². The minimum Gasteiger partial charge on any atom is -0.359 e. The van der Waals surface area contributed by atoms with Gasteiger partial charge in [0, 0.05) is 36.8 Å². The van der Waals surface area contributed by atoms with Crippen LogP contribution in [-0.4, -0.2) is 38.5 Å². The third-order valence-corrected chi connectivity index (χ3v) is 5.83. The number of hydrogen-bond acceptors (Lipinski definition) is 5. The Morgan fingerprint density at radius 1 is 1.19 bits per heavy atom. The van der Waals surface area contributed by atoms with Gasteiger partial charge in [0.2, 0.25) is 0 Å². The van der Waals surface area contributed by atoms with Gasteiger partial charge in [0.25, 0.3) is 5.91 Å². The summed E-state index contributed by atoms with van der Waals surface area (Å²) < 4.78 is 15.9. The van der Waals surface area contributed by atoms with Gasteiger partial charge in [-0.25, -0.2) is 13.9 Å². The van der Waals surface area contributed by atoms with Crippen LogP contribution in [0, 0.1) is 0 Å². The molecule has 7 nitrogen and oxygen atoms in total. The number of likely N-dealkylation sites (N-methyl/N-ethyl adjacent to an activating group) is 1. The smallest absolute Gasteiger partial charge is 0.258 e. The molecule has 0 bridgehead atoms. The predicted octanol–water partition coefficient (Wildman–Crippen LogP) is 1.68. The number of carbonyl (C=O) groups excluding carboxylic acids is 1. The molecule has 130 valence electrons. The second kappa shape index (κ2) is 5.50. The number of aromatic nitrogens is 3. The summed E-state index contributed by atoms with van der Waals surface area (Å²) in [7, 11) is 0.482. The highest BCUT2D eigenvalue weighted by atomic mass is 32.2. The Kier molecular flexibility index (Phi) is 3.23. The number of hydrogen-bond donors (Lipinski definition) is 1. The zero-order chi connectivity index (χ0) is 17.8. The topological polar surface area (TPSA) is 80.1 Å². The van der Waals surface area contributed by atoms with E-state index in [9.17, 15) is 9.00 Å². The van der Waals surface area contributed by atoms with Crippen LogP contribution in [0.5, 0.6) is 0 Å². The molecular weight excluding hydrogens is 350 g/mol. The lowest BCUT2D eigenvalue weighted by Gasteiger charge is -2.11. The molecule has 4 heterocycles. The summed E-state index contributed by atoms with van der Waals surface area (Å²) in [6.45, 7) is 0.997. The first kappa shape index (κ1) is 15.3. The molecule has 1 amide bonds. The van der Waals surface area contributed by atoms with Gasteiger partial charge in [-0.3, -0.25) is 9.52 Å². The maximum atomic E-state index is 12.0. The van der Waals surface area contributed by atoms with Crippen LogP contribution in [0.3, 0.4) is 0 Å². The van der Waals surface area contributed by atoms with Crippen molar-refractivity contribution in [3.63, 3.8) is 0 Å². The minimum absolute atomic E-state index is 0.347. The number of amides is 1. The molecule has 1 N–H and O–H groups in total. The molecule has 0 aliphatic carbocycles. The first-order valence-corrected chi connectivity index (χ1v) is 9.38. The second-order valence-electron chi connectivity index (χ2n) is 6.43. The molecule has 8 heteroatoms. The highest BCUT2D eigenvalue weighted by Crippen LogP contribution is 2.31. The van der Waals surface area contributed by atoms with Gasteiger partial charge < -0.3 is 4.90 Å². The van der Waals surface area contributed by atoms with Crippen molar-refractivity contribution in [2.45, 2.75) is 6.42 Å². The van der Waals surface area contributed by atoms with E-state index in [-0.39, 0.29) is 5.91 Å². The van der Waals surface area contributed by atoms with E-state index in [1.54, 1.807) is 10.9 Å². The molecule has 0 saturated heterocycles. The molecule has 0 spiro atoms. The first-order chi connectivity index (χ1) is 12.6. The molecule has 0 fully saturated rings. The minimum atomic E-state index is -1.57. The third kappa shape index (κ3) is 2.26. The molecule has 1 atom stereocenters. The fourth-order valence-corrected chi connectivity index (χ4v) is 4.31. The van der Waals surface area contributed by atoms with E-state index in [0.717, 1.165) is 40.8 Å². The van der Waals surface area contributed by atoms with Crippen molar-refractivity contribution in [3.8, 4) is 11.1 Å². The Morgan fingerprint density at radius 3 is 2.88 bits per heavy atom. The largest absolute Gasteiger partial charge is 0.359 e. The molecule has 2 aliphatic heterocycles. The maximum absolute atomic E-state index is 12.0. The lowest BCUT2D eigenvalue weighted by molar-refractivity contribution is -0.114. The van der Waals surface area contributed by atoms with Crippen molar-refractivity contribution in [1.82, 2.24) is 19.5 Å². The van der Waals surface area contributed by atoms with Gasteiger partial charge in [-0.15, -0.1) is 0 Å². The van der Waals surface area contributed by atoms with E-state index in [0.29, 0.717) is 5.03 Å². The number of nitrogens with one attached hydrogen (secondary N) is 1. The fourth-order valence-electron chi connectivity index (χ4n) is 3.45. The molecule has 2 aliphatic rings. The summed E-state index contributed by atoms with van der Waals surface area (Å²) in [4.78, 5) is 18.2. The normalized spacial score (nSPS) is 19.0. The van der Waals surface area contributed by atoms with Crippen molar-refractivity contribution in [3.05, 3.63) is 48.3 Å². The average molecular weight is 365 g/mol. The quantitative estimate of drug-likeness (QED) is 0.747. The van der Waals surface area contributed by atoms with Crippen LogP contribution in [0.25, 0.3) is 27.1 Å². The van der Waals surface area contributed by atoms with E-state index in [4.69, 9.17) is 0 Å². The standard InChI is InChI=1S/C18H15N5O2S/c1-22-5-4-12-7-13(9-19-18(12)22)11-2-3-15-14(6-11)10-20-23(15)17-8-16(24)21-26(17)25/h2-3,6-10H,4-5H2,1H3,(H,21,24). The van der Waals surface area contributed by atoms with Gasteiger partial charge in [0.1, 0.15) is 5.82 Å². The molecule has 2 aromatic heterocycles. The van der Waals surface area contributed by atoms with E-state index in [2.05, 4.69) is 32.8 Å². The van der Waals surface area contributed by atoms with Crippen molar-refractivity contribution in [2.24, 2.45) is 0 Å². The van der Waals surface area contributed by atoms with E-state index < -0.39 is 11.0 Å². The first-order valence-electron chi connectivity index (χ1n) is 8.23. The number of benzene rings is 1. The summed E-state index contributed by atoms with van der Waals surface area (Å²) in [5.41, 5.74) is 4.18. The number of rotatable bonds is 2. The predicted molar refractivity (Wildman–Crippen MR) is 100 cm³/mol. The number of anilines is 1. The third-order valence-electron chi connectivity index (χ3n) is 4.77. The van der Waals surface area contributed by atoms with Crippen molar-refractivity contribution >= 4 is 38.6 Å². The molecule has 3 aromatic rings. The lowest BCUT2D eigenvalue weighted by Crippen LogP contribution is -2.17. The van der Waals surface area contributed by atoms with Crippen LogP contribution in [0.15, 0.2) is 42.7 Å². The van der Waals surface area contributed by atoms with E-state index in [1.165, 1.54) is 11.6 Å². The molecule has 1 aromatic carbocycles. The van der Waals surface area contributed by atoms with Crippen molar-refractivity contribution < 1.29 is 9.00 Å². The van der Waals surface area contributed by atoms with Gasteiger partial charge in [-0.1, -0.05) is 6.07 Å². The number of nitrogens with zero attached hydrogens (tertiary/aromatic N) is 4. The van der Waals surface area contributed by atoms with Gasteiger partial charge in [-0.2, -0.15) is 5.10 Å². The fraction of sp³-hybridized carbons (Fsp3) is 0.167. The highest BCUT2D eigenvalue weighted by Gasteiger charge is 2.23. The monoisotopic (exact) mass is 365 g/mol. The van der Waals surface area contributed by atoms with Gasteiger partial charge in [0.05, 0.1) is 11.7 Å². The maximum Gasteiger partial charge on any atom is 0.258 e. The zero-order valence-electron chi connectivity index (χ0n) is 14.0. The van der Waals surface area contributed by atoms with E-state index >= 15 is 0 Å². The summed E-state index contributed by atoms with van der Waals surface area (Å²) in [5.74, 6) is 0.684. The van der Waals surface area contributed by atoms with Crippen molar-refractivity contribution in [2.75, 3.05) is 18.5 Å². The Bertz CT molecular complexity index is 1130. The summed E-state index contributed by atoms with van der Waals surface area (Å²) in [6.07, 6.45) is 5.93. The molecule has 26 heavy (non-hydrogen) atoms. The highest BCUT2D eigenvalue weighted by molar-refractivity contribution is 7.93. The Labute approximate surface area is 151 Å². The summed E-state index contributed by atoms with van der Waals surface area (Å²) >= 11 is 0. The number of fused-ring (bicyclic) bond motifs is 2. The molecule has 0 saturated carbocycles. The number of carbonyl (C=O) groups is 1. The Hall–Kier alpha value is -3.00. The summed E-state index contributed by atoms with van der Waals surface area (Å²) in [5, 5.41) is 5.57. The second-order valence-corrected chi connectivity index (χ2v) is 7.59.